The number of nitrogens with one attached hydrogen (secondary N) is 2. The van der Waals surface area contributed by atoms with Gasteiger partial charge in [0, 0.05) is 24.6 Å². The van der Waals surface area contributed by atoms with Crippen molar-refractivity contribution in [1.82, 2.24) is 10.5 Å². The van der Waals surface area contributed by atoms with Crippen LogP contribution in [0.2, 0.25) is 0 Å². The predicted octanol–water partition coefficient (Wildman–Crippen LogP) is 1.88. The van der Waals surface area contributed by atoms with Crippen LogP contribution in [0.4, 0.5) is 11.4 Å². The monoisotopic (exact) mass is 338 g/mol. The van der Waals surface area contributed by atoms with Crippen molar-refractivity contribution in [3.05, 3.63) is 41.8 Å². The number of rotatable bonds is 3. The molecule has 7 nitrogen and oxygen atoms in total. The summed E-state index contributed by atoms with van der Waals surface area (Å²) < 4.78 is 5.25. The van der Waals surface area contributed by atoms with Gasteiger partial charge in [-0.15, -0.1) is 0 Å². The van der Waals surface area contributed by atoms with E-state index in [0.717, 1.165) is 30.0 Å². The van der Waals surface area contributed by atoms with Gasteiger partial charge in [-0.25, -0.2) is 0 Å². The zero-order valence-electron chi connectivity index (χ0n) is 13.6. The summed E-state index contributed by atoms with van der Waals surface area (Å²) in [6.45, 7) is 0.605. The Hall–Kier alpha value is -2.83. The zero-order chi connectivity index (χ0) is 17.0. The quantitative estimate of drug-likeness (QED) is 0.892. The van der Waals surface area contributed by atoms with E-state index in [1.54, 1.807) is 6.07 Å². The molecule has 1 aliphatic carbocycles. The Morgan fingerprint density at radius 1 is 1.32 bits per heavy atom. The fourth-order valence-corrected chi connectivity index (χ4v) is 3.72. The van der Waals surface area contributed by atoms with Gasteiger partial charge in [0.2, 0.25) is 5.91 Å². The average Bonchev–Trinajstić information content (AvgIpc) is 3.18. The standard InChI is InChI=1S/C18H18N4O3/c23-17(13-8-16(25-21-13)10-5-6-10)19-11-7-15-18(24)20-12-3-1-2-4-14(12)22(15)9-11/h1-4,8,10-11,15H,5-7,9H2,(H,19,23)(H,20,24). The molecule has 2 amide bonds. The molecule has 2 aliphatic heterocycles. The van der Waals surface area contributed by atoms with E-state index in [2.05, 4.69) is 20.7 Å². The van der Waals surface area contributed by atoms with Crippen molar-refractivity contribution in [2.75, 3.05) is 16.8 Å². The van der Waals surface area contributed by atoms with Crippen LogP contribution in [0.25, 0.3) is 0 Å². The number of benzene rings is 1. The van der Waals surface area contributed by atoms with Crippen LogP contribution < -0.4 is 15.5 Å². The van der Waals surface area contributed by atoms with E-state index >= 15 is 0 Å². The molecule has 7 heteroatoms. The molecule has 2 N–H and O–H groups in total. The maximum Gasteiger partial charge on any atom is 0.273 e. The minimum Gasteiger partial charge on any atom is -0.360 e. The van der Waals surface area contributed by atoms with Crippen molar-refractivity contribution in [2.45, 2.75) is 37.3 Å². The molecule has 25 heavy (non-hydrogen) atoms. The molecule has 0 radical (unpaired) electrons. The van der Waals surface area contributed by atoms with Gasteiger partial charge in [0.05, 0.1) is 11.4 Å². The fraction of sp³-hybridized carbons (Fsp3) is 0.389. The number of carbonyl (C=O) groups is 2. The fourth-order valence-electron chi connectivity index (χ4n) is 3.72. The molecule has 0 spiro atoms. The van der Waals surface area contributed by atoms with Gasteiger partial charge in [0.15, 0.2) is 5.69 Å². The number of anilines is 2. The molecule has 2 unspecified atom stereocenters. The summed E-state index contributed by atoms with van der Waals surface area (Å²) in [5, 5.41) is 9.81. The Kier molecular flexibility index (Phi) is 3.10. The van der Waals surface area contributed by atoms with Crippen LogP contribution in [0.15, 0.2) is 34.9 Å². The van der Waals surface area contributed by atoms with E-state index in [9.17, 15) is 9.59 Å². The zero-order valence-corrected chi connectivity index (χ0v) is 13.6. The second kappa shape index (κ2) is 5.34. The summed E-state index contributed by atoms with van der Waals surface area (Å²) in [4.78, 5) is 26.8. The van der Waals surface area contributed by atoms with Crippen LogP contribution in [-0.2, 0) is 4.79 Å². The van der Waals surface area contributed by atoms with Crippen LogP contribution in [0.3, 0.4) is 0 Å². The van der Waals surface area contributed by atoms with E-state index in [-0.39, 0.29) is 23.9 Å². The molecule has 3 aliphatic rings. The molecule has 2 atom stereocenters. The normalized spacial score (nSPS) is 24.5. The molecule has 0 bridgehead atoms. The first-order valence-corrected chi connectivity index (χ1v) is 8.63. The Labute approximate surface area is 144 Å². The Bertz CT molecular complexity index is 858. The number of nitrogens with zero attached hydrogens (tertiary/aromatic N) is 2. The Balaban J connectivity index is 1.31. The molecule has 2 fully saturated rings. The van der Waals surface area contributed by atoms with Gasteiger partial charge in [-0.05, 0) is 31.4 Å². The summed E-state index contributed by atoms with van der Waals surface area (Å²) >= 11 is 0. The number of para-hydroxylation sites is 2. The van der Waals surface area contributed by atoms with Crippen LogP contribution in [0.1, 0.15) is 41.4 Å². The van der Waals surface area contributed by atoms with Crippen molar-refractivity contribution in [3.63, 3.8) is 0 Å². The minimum atomic E-state index is -0.250. The topological polar surface area (TPSA) is 87.5 Å². The number of amides is 2. The molecular formula is C18H18N4O3. The summed E-state index contributed by atoms with van der Waals surface area (Å²) in [6, 6.07) is 9.12. The smallest absolute Gasteiger partial charge is 0.273 e. The molecular weight excluding hydrogens is 320 g/mol. The molecule has 3 heterocycles. The van der Waals surface area contributed by atoms with E-state index in [0.29, 0.717) is 24.6 Å². The molecule has 1 saturated carbocycles. The van der Waals surface area contributed by atoms with Crippen LogP contribution in [-0.4, -0.2) is 35.6 Å². The molecule has 1 saturated heterocycles. The van der Waals surface area contributed by atoms with Gasteiger partial charge >= 0.3 is 0 Å². The van der Waals surface area contributed by atoms with Crippen LogP contribution >= 0.6 is 0 Å². The highest BCUT2D eigenvalue weighted by molar-refractivity contribution is 6.04. The Morgan fingerprint density at radius 2 is 2.16 bits per heavy atom. The van der Waals surface area contributed by atoms with Gasteiger partial charge in [0.25, 0.3) is 5.91 Å². The third-order valence-electron chi connectivity index (χ3n) is 5.15. The summed E-state index contributed by atoms with van der Waals surface area (Å²) in [5.74, 6) is 0.957. The van der Waals surface area contributed by atoms with Gasteiger partial charge in [-0.3, -0.25) is 9.59 Å². The second-order valence-electron chi connectivity index (χ2n) is 6.97. The lowest BCUT2D eigenvalue weighted by Crippen LogP contribution is -2.44. The summed E-state index contributed by atoms with van der Waals surface area (Å²) in [6.07, 6.45) is 2.79. The highest BCUT2D eigenvalue weighted by atomic mass is 16.5. The largest absolute Gasteiger partial charge is 0.360 e. The molecule has 5 rings (SSSR count). The third kappa shape index (κ3) is 2.47. The van der Waals surface area contributed by atoms with Crippen LogP contribution in [0, 0.1) is 0 Å². The van der Waals surface area contributed by atoms with Crippen molar-refractivity contribution >= 4 is 23.2 Å². The first kappa shape index (κ1) is 14.5. The lowest BCUT2D eigenvalue weighted by molar-refractivity contribution is -0.117. The highest BCUT2D eigenvalue weighted by Crippen LogP contribution is 2.40. The number of aromatic nitrogens is 1. The maximum absolute atomic E-state index is 12.4. The van der Waals surface area contributed by atoms with Gasteiger partial charge in [-0.2, -0.15) is 0 Å². The number of hydrogen-bond donors (Lipinski definition) is 2. The number of carbonyl (C=O) groups excluding carboxylic acids is 2. The van der Waals surface area contributed by atoms with E-state index in [4.69, 9.17) is 4.52 Å². The average molecular weight is 338 g/mol. The van der Waals surface area contributed by atoms with Gasteiger partial charge in [0.1, 0.15) is 11.8 Å². The summed E-state index contributed by atoms with van der Waals surface area (Å²) in [5.41, 5.74) is 2.14. The lowest BCUT2D eigenvalue weighted by atomic mass is 10.1. The van der Waals surface area contributed by atoms with Gasteiger partial charge < -0.3 is 20.1 Å². The van der Waals surface area contributed by atoms with Crippen molar-refractivity contribution in [2.24, 2.45) is 0 Å². The molecule has 128 valence electrons. The molecule has 1 aromatic heterocycles. The van der Waals surface area contributed by atoms with E-state index < -0.39 is 0 Å². The first-order valence-electron chi connectivity index (χ1n) is 8.63. The molecule has 1 aromatic carbocycles. The van der Waals surface area contributed by atoms with E-state index in [1.807, 2.05) is 24.3 Å². The lowest BCUT2D eigenvalue weighted by Gasteiger charge is -2.32. The summed E-state index contributed by atoms with van der Waals surface area (Å²) in [7, 11) is 0. The van der Waals surface area contributed by atoms with Crippen molar-refractivity contribution in [1.29, 1.82) is 0 Å². The van der Waals surface area contributed by atoms with Crippen LogP contribution in [0.5, 0.6) is 0 Å². The van der Waals surface area contributed by atoms with Gasteiger partial charge in [-0.1, -0.05) is 17.3 Å². The maximum atomic E-state index is 12.4. The van der Waals surface area contributed by atoms with E-state index in [1.165, 1.54) is 0 Å². The van der Waals surface area contributed by atoms with Crippen molar-refractivity contribution < 1.29 is 14.1 Å². The number of fused-ring (bicyclic) bond motifs is 3. The highest BCUT2D eigenvalue weighted by Gasteiger charge is 2.41. The predicted molar refractivity (Wildman–Crippen MR) is 90.6 cm³/mol. The van der Waals surface area contributed by atoms with Crippen molar-refractivity contribution in [3.8, 4) is 0 Å². The SMILES string of the molecule is O=C(NC1CC2C(=O)Nc3ccccc3N2C1)c1cc(C2CC2)on1. The second-order valence-corrected chi connectivity index (χ2v) is 6.97. The third-order valence-corrected chi connectivity index (χ3v) is 5.15. The first-order chi connectivity index (χ1) is 12.2. The molecule has 2 aromatic rings. The number of hydrogen-bond acceptors (Lipinski definition) is 5. The minimum absolute atomic E-state index is 0.0205. The Morgan fingerprint density at radius 3 is 3.00 bits per heavy atom.